The summed E-state index contributed by atoms with van der Waals surface area (Å²) in [6.45, 7) is 10.6. The number of amides is 1. The molecule has 0 spiro atoms. The Balaban J connectivity index is 1.44. The Hall–Kier alpha value is -3.91. The lowest BCUT2D eigenvalue weighted by atomic mass is 10.0. The van der Waals surface area contributed by atoms with E-state index in [1.54, 1.807) is 26.4 Å². The quantitative estimate of drug-likeness (QED) is 0.227. The molecule has 0 atom stereocenters. The first-order chi connectivity index (χ1) is 18.6. The summed E-state index contributed by atoms with van der Waals surface area (Å²) in [6.07, 6.45) is 0. The molecule has 2 aromatic carbocycles. The van der Waals surface area contributed by atoms with Crippen molar-refractivity contribution in [1.82, 2.24) is 9.78 Å². The zero-order valence-corrected chi connectivity index (χ0v) is 24.1. The fourth-order valence-electron chi connectivity index (χ4n) is 4.33. The molecular weight excluding hydrogens is 518 g/mol. The van der Waals surface area contributed by atoms with E-state index in [1.165, 1.54) is 0 Å². The lowest BCUT2D eigenvalue weighted by Crippen LogP contribution is -2.12. The second-order valence-corrected chi connectivity index (χ2v) is 10.1. The van der Waals surface area contributed by atoms with Gasteiger partial charge in [0.25, 0.3) is 5.91 Å². The SMILES string of the molecule is COc1ccc(Cn2nc(C)c(NC(=O)c3ccc(COc4cc(C)c(Cl)cc4C(C)C)o3)c2C)cc1OC. The van der Waals surface area contributed by atoms with Gasteiger partial charge in [0.15, 0.2) is 17.3 Å². The zero-order valence-electron chi connectivity index (χ0n) is 23.3. The number of hydrogen-bond acceptors (Lipinski definition) is 6. The normalized spacial score (nSPS) is 11.1. The zero-order chi connectivity index (χ0) is 28.3. The summed E-state index contributed by atoms with van der Waals surface area (Å²) in [5.74, 6) is 2.68. The molecule has 1 amide bonds. The molecule has 0 aliphatic heterocycles. The average Bonchev–Trinajstić information content (AvgIpc) is 3.49. The highest BCUT2D eigenvalue weighted by molar-refractivity contribution is 6.31. The predicted octanol–water partition coefficient (Wildman–Crippen LogP) is 7.07. The number of anilines is 1. The largest absolute Gasteiger partial charge is 0.493 e. The van der Waals surface area contributed by atoms with E-state index in [1.807, 2.05) is 55.8 Å². The minimum absolute atomic E-state index is 0.190. The summed E-state index contributed by atoms with van der Waals surface area (Å²) in [7, 11) is 3.21. The van der Waals surface area contributed by atoms with E-state index in [-0.39, 0.29) is 24.2 Å². The Morgan fingerprint density at radius 3 is 2.46 bits per heavy atom. The van der Waals surface area contributed by atoms with Crippen molar-refractivity contribution in [3.05, 3.63) is 87.1 Å². The molecule has 206 valence electrons. The Morgan fingerprint density at radius 1 is 1.03 bits per heavy atom. The maximum atomic E-state index is 13.0. The van der Waals surface area contributed by atoms with Crippen LogP contribution in [0, 0.1) is 20.8 Å². The van der Waals surface area contributed by atoms with Crippen molar-refractivity contribution >= 4 is 23.2 Å². The van der Waals surface area contributed by atoms with Gasteiger partial charge in [0, 0.05) is 5.02 Å². The van der Waals surface area contributed by atoms with E-state index in [0.717, 1.165) is 28.1 Å². The summed E-state index contributed by atoms with van der Waals surface area (Å²) in [5, 5.41) is 8.28. The van der Waals surface area contributed by atoms with Crippen LogP contribution in [-0.2, 0) is 13.2 Å². The van der Waals surface area contributed by atoms with Crippen molar-refractivity contribution in [1.29, 1.82) is 0 Å². The smallest absolute Gasteiger partial charge is 0.291 e. The van der Waals surface area contributed by atoms with E-state index in [4.69, 9.17) is 30.2 Å². The van der Waals surface area contributed by atoms with Crippen LogP contribution in [0.4, 0.5) is 5.69 Å². The summed E-state index contributed by atoms with van der Waals surface area (Å²) >= 11 is 6.31. The number of hydrogen-bond donors (Lipinski definition) is 1. The minimum atomic E-state index is -0.358. The molecule has 0 aliphatic carbocycles. The van der Waals surface area contributed by atoms with Crippen LogP contribution in [0.1, 0.15) is 64.2 Å². The number of ether oxygens (including phenoxy) is 3. The van der Waals surface area contributed by atoms with Crippen LogP contribution in [0.3, 0.4) is 0 Å². The average molecular weight is 552 g/mol. The number of methoxy groups -OCH3 is 2. The van der Waals surface area contributed by atoms with Gasteiger partial charge in [-0.25, -0.2) is 0 Å². The molecule has 8 nitrogen and oxygen atoms in total. The van der Waals surface area contributed by atoms with Crippen molar-refractivity contribution in [2.24, 2.45) is 0 Å². The highest BCUT2D eigenvalue weighted by atomic mass is 35.5. The lowest BCUT2D eigenvalue weighted by molar-refractivity contribution is 0.0992. The van der Waals surface area contributed by atoms with E-state index in [2.05, 4.69) is 24.3 Å². The maximum absolute atomic E-state index is 13.0. The molecule has 0 radical (unpaired) electrons. The van der Waals surface area contributed by atoms with Gasteiger partial charge in [0.05, 0.1) is 37.8 Å². The third-order valence-electron chi connectivity index (χ3n) is 6.57. The van der Waals surface area contributed by atoms with Gasteiger partial charge in [0.1, 0.15) is 18.1 Å². The van der Waals surface area contributed by atoms with Crippen molar-refractivity contribution in [2.75, 3.05) is 19.5 Å². The molecule has 9 heteroatoms. The molecule has 1 N–H and O–H groups in total. The molecule has 2 aromatic heterocycles. The van der Waals surface area contributed by atoms with Gasteiger partial charge in [-0.3, -0.25) is 9.48 Å². The second-order valence-electron chi connectivity index (χ2n) is 9.70. The maximum Gasteiger partial charge on any atom is 0.291 e. The molecule has 0 aliphatic rings. The van der Waals surface area contributed by atoms with Crippen LogP contribution in [0.2, 0.25) is 5.02 Å². The first kappa shape index (κ1) is 28.1. The van der Waals surface area contributed by atoms with E-state index >= 15 is 0 Å². The van der Waals surface area contributed by atoms with Crippen LogP contribution in [-0.4, -0.2) is 29.9 Å². The van der Waals surface area contributed by atoms with Gasteiger partial charge in [-0.2, -0.15) is 5.10 Å². The Bertz CT molecular complexity index is 1490. The van der Waals surface area contributed by atoms with Crippen LogP contribution in [0.15, 0.2) is 46.9 Å². The number of benzene rings is 2. The molecular formula is C30H34ClN3O5. The number of aryl methyl sites for hydroxylation is 2. The number of carbonyl (C=O) groups excluding carboxylic acids is 1. The van der Waals surface area contributed by atoms with Crippen molar-refractivity contribution in [3.63, 3.8) is 0 Å². The summed E-state index contributed by atoms with van der Waals surface area (Å²) < 4.78 is 24.4. The first-order valence-electron chi connectivity index (χ1n) is 12.7. The number of nitrogens with zero attached hydrogens (tertiary/aromatic N) is 2. The van der Waals surface area contributed by atoms with Gasteiger partial charge < -0.3 is 23.9 Å². The van der Waals surface area contributed by atoms with Crippen molar-refractivity contribution in [3.8, 4) is 17.2 Å². The van der Waals surface area contributed by atoms with E-state index in [9.17, 15) is 4.79 Å². The molecule has 0 saturated heterocycles. The molecule has 0 fully saturated rings. The summed E-state index contributed by atoms with van der Waals surface area (Å²) in [5.41, 5.74) is 5.12. The summed E-state index contributed by atoms with van der Waals surface area (Å²) in [6, 6.07) is 13.0. The molecule has 39 heavy (non-hydrogen) atoms. The number of nitrogens with one attached hydrogen (secondary N) is 1. The van der Waals surface area contributed by atoms with E-state index < -0.39 is 0 Å². The van der Waals surface area contributed by atoms with Crippen molar-refractivity contribution < 1.29 is 23.4 Å². The first-order valence-corrected chi connectivity index (χ1v) is 13.1. The van der Waals surface area contributed by atoms with Gasteiger partial charge in [0.2, 0.25) is 0 Å². The standard InChI is InChI=1S/C30H34ClN3O5/c1-17(2)23-14-24(31)18(3)12-27(23)38-16-22-9-11-26(39-22)30(35)32-29-19(4)33-34(20(29)5)15-21-8-10-25(36-6)28(13-21)37-7/h8-14,17H,15-16H2,1-7H3,(H,32,35). The van der Waals surface area contributed by atoms with Gasteiger partial charge in [-0.05, 0) is 79.8 Å². The molecule has 0 bridgehead atoms. The van der Waals surface area contributed by atoms with Crippen molar-refractivity contribution in [2.45, 2.75) is 53.7 Å². The second kappa shape index (κ2) is 11.9. The number of furan rings is 1. The van der Waals surface area contributed by atoms with Gasteiger partial charge in [-0.1, -0.05) is 31.5 Å². The van der Waals surface area contributed by atoms with Gasteiger partial charge in [-0.15, -0.1) is 0 Å². The number of carbonyl (C=O) groups is 1. The number of aromatic nitrogens is 2. The Morgan fingerprint density at radius 2 is 1.77 bits per heavy atom. The highest BCUT2D eigenvalue weighted by Gasteiger charge is 2.19. The van der Waals surface area contributed by atoms with E-state index in [0.29, 0.717) is 40.2 Å². The Kier molecular flexibility index (Phi) is 8.55. The molecule has 4 aromatic rings. The summed E-state index contributed by atoms with van der Waals surface area (Å²) in [4.78, 5) is 13.0. The molecule has 0 unspecified atom stereocenters. The third-order valence-corrected chi connectivity index (χ3v) is 6.98. The van der Waals surface area contributed by atoms with Gasteiger partial charge >= 0.3 is 0 Å². The van der Waals surface area contributed by atoms with Crippen LogP contribution < -0.4 is 19.5 Å². The molecule has 0 saturated carbocycles. The molecule has 2 heterocycles. The topological polar surface area (TPSA) is 87.8 Å². The lowest BCUT2D eigenvalue weighted by Gasteiger charge is -2.15. The molecule has 4 rings (SSSR count). The number of rotatable bonds is 10. The van der Waals surface area contributed by atoms with Crippen LogP contribution in [0.5, 0.6) is 17.2 Å². The fraction of sp³-hybridized carbons (Fsp3) is 0.333. The number of halogens is 1. The monoisotopic (exact) mass is 551 g/mol. The van der Waals surface area contributed by atoms with Crippen LogP contribution >= 0.6 is 11.6 Å². The minimum Gasteiger partial charge on any atom is -0.493 e. The third kappa shape index (κ3) is 6.23. The Labute approximate surface area is 233 Å². The van der Waals surface area contributed by atoms with Crippen LogP contribution in [0.25, 0.3) is 0 Å². The fourth-order valence-corrected chi connectivity index (χ4v) is 4.50. The highest BCUT2D eigenvalue weighted by Crippen LogP contribution is 2.33. The predicted molar refractivity (Wildman–Crippen MR) is 152 cm³/mol.